The van der Waals surface area contributed by atoms with Gasteiger partial charge in [0.05, 0.1) is 24.0 Å². The maximum Gasteiger partial charge on any atom is 0.252 e. The Hall–Kier alpha value is -4.04. The summed E-state index contributed by atoms with van der Waals surface area (Å²) in [6, 6.07) is 17.7. The quantitative estimate of drug-likeness (QED) is 0.358. The van der Waals surface area contributed by atoms with Gasteiger partial charge < -0.3 is 15.5 Å². The molecule has 1 amide bonds. The lowest BCUT2D eigenvalue weighted by atomic mass is 10.0. The van der Waals surface area contributed by atoms with Crippen LogP contribution >= 0.6 is 0 Å². The monoisotopic (exact) mass is 432 g/mol. The molecule has 32 heavy (non-hydrogen) atoms. The number of benzene rings is 2. The van der Waals surface area contributed by atoms with Crippen LogP contribution in [0, 0.1) is 5.82 Å². The number of aromatic nitrogens is 3. The molecule has 162 valence electrons. The second-order valence-electron chi connectivity index (χ2n) is 7.26. The molecule has 2 aromatic heterocycles. The van der Waals surface area contributed by atoms with E-state index in [4.69, 9.17) is 0 Å². The minimum absolute atomic E-state index is 0.231. The number of carbonyl (C=O) groups excluding carboxylic acids is 1. The van der Waals surface area contributed by atoms with Crippen molar-refractivity contribution >= 4 is 5.91 Å². The van der Waals surface area contributed by atoms with Gasteiger partial charge in [0.15, 0.2) is 11.6 Å². The number of H-pyrrole nitrogens is 1. The lowest BCUT2D eigenvalue weighted by Crippen LogP contribution is -2.39. The molecule has 0 bridgehead atoms. The number of aromatic amines is 1. The van der Waals surface area contributed by atoms with Crippen LogP contribution in [0.1, 0.15) is 16.1 Å². The molecule has 4 N–H and O–H groups in total. The predicted molar refractivity (Wildman–Crippen MR) is 117 cm³/mol. The van der Waals surface area contributed by atoms with Crippen LogP contribution in [-0.2, 0) is 6.42 Å². The first kappa shape index (κ1) is 21.2. The summed E-state index contributed by atoms with van der Waals surface area (Å²) in [6.45, 7) is -0.231. The van der Waals surface area contributed by atoms with Gasteiger partial charge in [0.25, 0.3) is 5.91 Å². The number of phenolic OH excluding ortho intramolecular Hbond substituents is 1. The molecular weight excluding hydrogens is 411 g/mol. The molecule has 8 heteroatoms. The molecule has 0 aliphatic carbocycles. The molecule has 0 saturated carbocycles. The Bertz CT molecular complexity index is 1230. The zero-order valence-corrected chi connectivity index (χ0v) is 17.0. The molecule has 0 radical (unpaired) electrons. The van der Waals surface area contributed by atoms with Crippen LogP contribution in [-0.4, -0.2) is 44.0 Å². The van der Waals surface area contributed by atoms with Gasteiger partial charge in [0.2, 0.25) is 0 Å². The van der Waals surface area contributed by atoms with E-state index in [0.29, 0.717) is 34.5 Å². The normalized spacial score (nSPS) is 11.8. The van der Waals surface area contributed by atoms with E-state index in [2.05, 4.69) is 20.5 Å². The van der Waals surface area contributed by atoms with Gasteiger partial charge in [-0.1, -0.05) is 24.3 Å². The van der Waals surface area contributed by atoms with Crippen molar-refractivity contribution in [1.82, 2.24) is 20.5 Å². The van der Waals surface area contributed by atoms with Gasteiger partial charge in [-0.15, -0.1) is 0 Å². The van der Waals surface area contributed by atoms with Crippen LogP contribution in [0.25, 0.3) is 22.5 Å². The topological polar surface area (TPSA) is 111 Å². The second kappa shape index (κ2) is 9.40. The number of aliphatic hydroxyl groups is 1. The van der Waals surface area contributed by atoms with E-state index in [1.807, 2.05) is 12.1 Å². The zero-order chi connectivity index (χ0) is 22.5. The number of hydrogen-bond donors (Lipinski definition) is 4. The minimum Gasteiger partial charge on any atom is -0.505 e. The van der Waals surface area contributed by atoms with Crippen molar-refractivity contribution in [3.8, 4) is 28.3 Å². The number of amides is 1. The van der Waals surface area contributed by atoms with Gasteiger partial charge >= 0.3 is 0 Å². The highest BCUT2D eigenvalue weighted by molar-refractivity contribution is 6.00. The molecule has 0 saturated heterocycles. The summed E-state index contributed by atoms with van der Waals surface area (Å²) in [4.78, 5) is 17.2. The first-order valence-electron chi connectivity index (χ1n) is 10.0. The Balaban J connectivity index is 1.57. The summed E-state index contributed by atoms with van der Waals surface area (Å²) in [6.07, 6.45) is 2.06. The number of carbonyl (C=O) groups is 1. The molecule has 7 nitrogen and oxygen atoms in total. The number of pyridine rings is 1. The Labute approximate surface area is 183 Å². The van der Waals surface area contributed by atoms with Crippen LogP contribution in [0.4, 0.5) is 4.39 Å². The van der Waals surface area contributed by atoms with E-state index in [1.54, 1.807) is 42.6 Å². The fourth-order valence-electron chi connectivity index (χ4n) is 3.39. The van der Waals surface area contributed by atoms with Crippen molar-refractivity contribution in [1.29, 1.82) is 0 Å². The third-order valence-electron chi connectivity index (χ3n) is 5.02. The van der Waals surface area contributed by atoms with E-state index in [-0.39, 0.29) is 12.5 Å². The van der Waals surface area contributed by atoms with Gasteiger partial charge in [-0.3, -0.25) is 14.9 Å². The van der Waals surface area contributed by atoms with E-state index < -0.39 is 17.6 Å². The Morgan fingerprint density at radius 3 is 2.66 bits per heavy atom. The van der Waals surface area contributed by atoms with E-state index in [1.165, 1.54) is 18.2 Å². The van der Waals surface area contributed by atoms with Gasteiger partial charge in [-0.05, 0) is 42.5 Å². The van der Waals surface area contributed by atoms with Crippen LogP contribution < -0.4 is 5.32 Å². The fourth-order valence-corrected chi connectivity index (χ4v) is 3.39. The highest BCUT2D eigenvalue weighted by Crippen LogP contribution is 2.29. The molecular formula is C24H21FN4O3. The highest BCUT2D eigenvalue weighted by Gasteiger charge is 2.19. The van der Waals surface area contributed by atoms with Gasteiger partial charge in [0.1, 0.15) is 0 Å². The Kier molecular flexibility index (Phi) is 6.23. The van der Waals surface area contributed by atoms with Gasteiger partial charge in [-0.2, -0.15) is 5.10 Å². The van der Waals surface area contributed by atoms with Crippen molar-refractivity contribution in [3.63, 3.8) is 0 Å². The maximum absolute atomic E-state index is 13.4. The predicted octanol–water partition coefficient (Wildman–Crippen LogP) is 3.32. The third kappa shape index (κ3) is 4.65. The van der Waals surface area contributed by atoms with Crippen molar-refractivity contribution < 1.29 is 19.4 Å². The number of aromatic hydroxyl groups is 1. The largest absolute Gasteiger partial charge is 0.505 e. The summed E-state index contributed by atoms with van der Waals surface area (Å²) >= 11 is 0. The average Bonchev–Trinajstić information content (AvgIpc) is 3.31. The summed E-state index contributed by atoms with van der Waals surface area (Å²) in [5.74, 6) is -1.51. The number of nitrogens with zero attached hydrogens (tertiary/aromatic N) is 2. The molecule has 4 aromatic rings. The van der Waals surface area contributed by atoms with Crippen LogP contribution in [0.5, 0.6) is 5.75 Å². The van der Waals surface area contributed by atoms with Crippen LogP contribution in [0.15, 0.2) is 72.9 Å². The van der Waals surface area contributed by atoms with Gasteiger partial charge in [-0.25, -0.2) is 4.39 Å². The highest BCUT2D eigenvalue weighted by atomic mass is 19.1. The molecule has 0 aliphatic heterocycles. The van der Waals surface area contributed by atoms with E-state index in [9.17, 15) is 19.4 Å². The molecule has 2 aromatic carbocycles. The number of rotatable bonds is 7. The molecule has 2 heterocycles. The number of halogens is 1. The fraction of sp³-hybridized carbons (Fsp3) is 0.125. The standard InChI is InChI=1S/C24H21FN4O3/c25-20-9-8-15(11-23(20)31)21-13-22(29-28-21)18-6-1-2-7-19(18)24(32)27-17(14-30)12-16-5-3-4-10-26-16/h1-11,13,17,30-31H,12,14H2,(H,27,32)(H,28,29)/t17-/m1/s1. The number of aliphatic hydroxyl groups excluding tert-OH is 1. The molecule has 0 aliphatic rings. The van der Waals surface area contributed by atoms with E-state index >= 15 is 0 Å². The van der Waals surface area contributed by atoms with Crippen molar-refractivity contribution in [2.24, 2.45) is 0 Å². The maximum atomic E-state index is 13.4. The lowest BCUT2D eigenvalue weighted by Gasteiger charge is -2.17. The summed E-state index contributed by atoms with van der Waals surface area (Å²) in [5, 5.41) is 29.4. The lowest BCUT2D eigenvalue weighted by molar-refractivity contribution is 0.0917. The van der Waals surface area contributed by atoms with Crippen molar-refractivity contribution in [2.45, 2.75) is 12.5 Å². The molecule has 1 atom stereocenters. The van der Waals surface area contributed by atoms with Crippen LogP contribution in [0.3, 0.4) is 0 Å². The molecule has 0 fully saturated rings. The Morgan fingerprint density at radius 2 is 1.91 bits per heavy atom. The number of nitrogens with one attached hydrogen (secondary N) is 2. The van der Waals surface area contributed by atoms with Gasteiger partial charge in [0, 0.05) is 35.0 Å². The minimum atomic E-state index is -0.709. The van der Waals surface area contributed by atoms with Crippen molar-refractivity contribution in [3.05, 3.63) is 90.0 Å². The van der Waals surface area contributed by atoms with Crippen LogP contribution in [0.2, 0.25) is 0 Å². The third-order valence-corrected chi connectivity index (χ3v) is 5.02. The number of phenols is 1. The molecule has 0 spiro atoms. The molecule has 4 rings (SSSR count). The summed E-state index contributed by atoms with van der Waals surface area (Å²) in [7, 11) is 0. The first-order chi connectivity index (χ1) is 15.5. The summed E-state index contributed by atoms with van der Waals surface area (Å²) in [5.41, 5.74) is 3.38. The van der Waals surface area contributed by atoms with E-state index in [0.717, 1.165) is 5.69 Å². The second-order valence-corrected chi connectivity index (χ2v) is 7.26. The van der Waals surface area contributed by atoms with Crippen molar-refractivity contribution in [2.75, 3.05) is 6.61 Å². The average molecular weight is 432 g/mol. The zero-order valence-electron chi connectivity index (χ0n) is 17.0. The SMILES string of the molecule is O=C(N[C@@H](CO)Cc1ccccn1)c1ccccc1-c1cc(-c2ccc(F)c(O)c2)[nH]n1. The summed E-state index contributed by atoms with van der Waals surface area (Å²) < 4.78 is 13.4. The molecule has 0 unspecified atom stereocenters. The Morgan fingerprint density at radius 1 is 1.09 bits per heavy atom. The smallest absolute Gasteiger partial charge is 0.252 e. The number of hydrogen-bond acceptors (Lipinski definition) is 5. The first-order valence-corrected chi connectivity index (χ1v) is 10.0.